The van der Waals surface area contributed by atoms with Gasteiger partial charge >= 0.3 is 6.18 Å². The maximum atomic E-state index is 13.8. The predicted molar refractivity (Wildman–Crippen MR) is 106 cm³/mol. The van der Waals surface area contributed by atoms with Crippen molar-refractivity contribution in [3.8, 4) is 11.1 Å². The Kier molecular flexibility index (Phi) is 5.41. The molecule has 5 heteroatoms. The fraction of sp³-hybridized carbons (Fsp3) is 0.250. The topological polar surface area (TPSA) is 3.24 Å². The van der Waals surface area contributed by atoms with Crippen molar-refractivity contribution in [1.29, 1.82) is 0 Å². The van der Waals surface area contributed by atoms with Gasteiger partial charge in [0.05, 0.1) is 5.56 Å². The highest BCUT2D eigenvalue weighted by Crippen LogP contribution is 2.43. The molecule has 1 fully saturated rings. The first-order chi connectivity index (χ1) is 13.9. The highest BCUT2D eigenvalue weighted by molar-refractivity contribution is 5.70. The monoisotopic (exact) mass is 399 g/mol. The number of nitrogens with zero attached hydrogens (tertiary/aromatic N) is 1. The molecule has 29 heavy (non-hydrogen) atoms. The minimum absolute atomic E-state index is 0.255. The first kappa shape index (κ1) is 19.6. The maximum absolute atomic E-state index is 13.8. The van der Waals surface area contributed by atoms with Crippen LogP contribution in [0.15, 0.2) is 72.8 Å². The molecule has 0 aromatic heterocycles. The molecule has 0 spiro atoms. The maximum Gasteiger partial charge on any atom is 0.416 e. The Labute approximate surface area is 167 Å². The third kappa shape index (κ3) is 4.35. The van der Waals surface area contributed by atoms with E-state index < -0.39 is 17.6 Å². The molecule has 0 saturated carbocycles. The van der Waals surface area contributed by atoms with Crippen LogP contribution in [0.4, 0.5) is 17.6 Å². The first-order valence-corrected chi connectivity index (χ1v) is 9.64. The SMILES string of the molecule is Fc1cccc(-c2cccc(C(F)(F)F)c2[C@@H]2CCN(Cc3ccccc3)C2)c1. The van der Waals surface area contributed by atoms with E-state index in [2.05, 4.69) is 4.90 Å². The van der Waals surface area contributed by atoms with E-state index in [1.165, 1.54) is 24.3 Å². The Bertz CT molecular complexity index is 982. The lowest BCUT2D eigenvalue weighted by Crippen LogP contribution is -2.21. The van der Waals surface area contributed by atoms with Crippen molar-refractivity contribution in [2.75, 3.05) is 13.1 Å². The van der Waals surface area contributed by atoms with Gasteiger partial charge in [-0.1, -0.05) is 54.6 Å². The van der Waals surface area contributed by atoms with E-state index in [4.69, 9.17) is 0 Å². The predicted octanol–water partition coefficient (Wildman–Crippen LogP) is 6.50. The second kappa shape index (κ2) is 7.99. The van der Waals surface area contributed by atoms with Crippen LogP contribution in [-0.4, -0.2) is 18.0 Å². The smallest absolute Gasteiger partial charge is 0.298 e. The highest BCUT2D eigenvalue weighted by atomic mass is 19.4. The van der Waals surface area contributed by atoms with Crippen molar-refractivity contribution < 1.29 is 17.6 Å². The van der Waals surface area contributed by atoms with E-state index in [0.717, 1.165) is 18.2 Å². The third-order valence-corrected chi connectivity index (χ3v) is 5.48. The summed E-state index contributed by atoms with van der Waals surface area (Å²) in [6.07, 6.45) is -3.81. The van der Waals surface area contributed by atoms with Gasteiger partial charge in [0.1, 0.15) is 5.82 Å². The molecule has 1 saturated heterocycles. The van der Waals surface area contributed by atoms with E-state index in [1.54, 1.807) is 12.1 Å². The van der Waals surface area contributed by atoms with Gasteiger partial charge in [-0.05, 0) is 59.3 Å². The Morgan fingerprint density at radius 3 is 2.38 bits per heavy atom. The second-order valence-electron chi connectivity index (χ2n) is 7.48. The van der Waals surface area contributed by atoms with Gasteiger partial charge in [0.2, 0.25) is 0 Å². The van der Waals surface area contributed by atoms with Gasteiger partial charge in [-0.3, -0.25) is 4.90 Å². The van der Waals surface area contributed by atoms with Gasteiger partial charge in [0, 0.05) is 13.1 Å². The van der Waals surface area contributed by atoms with Crippen LogP contribution in [0.1, 0.15) is 29.0 Å². The summed E-state index contributed by atoms with van der Waals surface area (Å²) in [5.41, 5.74) is 1.74. The molecule has 0 aliphatic carbocycles. The fourth-order valence-electron chi connectivity index (χ4n) is 4.21. The minimum atomic E-state index is -4.45. The Balaban J connectivity index is 1.70. The van der Waals surface area contributed by atoms with Gasteiger partial charge in [-0.2, -0.15) is 13.2 Å². The number of likely N-dealkylation sites (tertiary alicyclic amines) is 1. The molecule has 0 unspecified atom stereocenters. The number of hydrogen-bond acceptors (Lipinski definition) is 1. The Morgan fingerprint density at radius 1 is 0.897 bits per heavy atom. The number of alkyl halides is 3. The molecule has 0 amide bonds. The van der Waals surface area contributed by atoms with Crippen LogP contribution in [0, 0.1) is 5.82 Å². The van der Waals surface area contributed by atoms with Crippen molar-refractivity contribution in [2.24, 2.45) is 0 Å². The molecule has 1 aliphatic heterocycles. The zero-order valence-electron chi connectivity index (χ0n) is 15.8. The van der Waals surface area contributed by atoms with Gasteiger partial charge in [0.15, 0.2) is 0 Å². The number of benzene rings is 3. The molecular formula is C24H21F4N. The molecular weight excluding hydrogens is 378 g/mol. The molecule has 1 aliphatic rings. The summed E-state index contributed by atoms with van der Waals surface area (Å²) in [5.74, 6) is -0.710. The summed E-state index contributed by atoms with van der Waals surface area (Å²) in [5, 5.41) is 0. The van der Waals surface area contributed by atoms with Crippen molar-refractivity contribution in [2.45, 2.75) is 25.1 Å². The van der Waals surface area contributed by atoms with Gasteiger partial charge < -0.3 is 0 Å². The van der Waals surface area contributed by atoms with Crippen molar-refractivity contribution in [3.05, 3.63) is 95.3 Å². The fourth-order valence-corrected chi connectivity index (χ4v) is 4.21. The highest BCUT2D eigenvalue weighted by Gasteiger charge is 2.38. The molecule has 4 rings (SSSR count). The lowest BCUT2D eigenvalue weighted by atomic mass is 9.86. The van der Waals surface area contributed by atoms with Crippen LogP contribution in [-0.2, 0) is 12.7 Å². The van der Waals surface area contributed by atoms with Crippen molar-refractivity contribution in [1.82, 2.24) is 4.90 Å². The number of hydrogen-bond donors (Lipinski definition) is 0. The summed E-state index contributed by atoms with van der Waals surface area (Å²) in [4.78, 5) is 2.18. The van der Waals surface area contributed by atoms with Gasteiger partial charge in [0.25, 0.3) is 0 Å². The Morgan fingerprint density at radius 2 is 1.66 bits per heavy atom. The van der Waals surface area contributed by atoms with Gasteiger partial charge in [-0.15, -0.1) is 0 Å². The number of rotatable bonds is 4. The summed E-state index contributed by atoms with van der Waals surface area (Å²) in [6.45, 7) is 1.99. The van der Waals surface area contributed by atoms with Crippen LogP contribution in [0.2, 0.25) is 0 Å². The van der Waals surface area contributed by atoms with Crippen LogP contribution in [0.5, 0.6) is 0 Å². The van der Waals surface area contributed by atoms with Crippen molar-refractivity contribution >= 4 is 0 Å². The molecule has 0 bridgehead atoms. The molecule has 3 aromatic rings. The molecule has 3 aromatic carbocycles. The molecule has 0 N–H and O–H groups in total. The summed E-state index contributed by atoms with van der Waals surface area (Å²) < 4.78 is 55.3. The van der Waals surface area contributed by atoms with E-state index >= 15 is 0 Å². The second-order valence-corrected chi connectivity index (χ2v) is 7.48. The standard InChI is InChI=1S/C24H21F4N/c25-20-9-4-8-18(14-20)21-10-5-11-22(24(26,27)28)23(21)19-12-13-29(16-19)15-17-6-2-1-3-7-17/h1-11,14,19H,12-13,15-16H2/t19-/m1/s1. The molecule has 1 atom stereocenters. The van der Waals surface area contributed by atoms with E-state index in [1.807, 2.05) is 30.3 Å². The minimum Gasteiger partial charge on any atom is -0.298 e. The lowest BCUT2D eigenvalue weighted by Gasteiger charge is -2.23. The average Bonchev–Trinajstić information content (AvgIpc) is 3.15. The van der Waals surface area contributed by atoms with E-state index in [9.17, 15) is 17.6 Å². The first-order valence-electron chi connectivity index (χ1n) is 9.64. The average molecular weight is 399 g/mol. The largest absolute Gasteiger partial charge is 0.416 e. The number of halogens is 4. The molecule has 1 nitrogen and oxygen atoms in total. The zero-order chi connectivity index (χ0) is 20.4. The quantitative estimate of drug-likeness (QED) is 0.453. The summed E-state index contributed by atoms with van der Waals surface area (Å²) >= 11 is 0. The summed E-state index contributed by atoms with van der Waals surface area (Å²) in [7, 11) is 0. The van der Waals surface area contributed by atoms with Gasteiger partial charge in [-0.25, -0.2) is 4.39 Å². The van der Waals surface area contributed by atoms with Crippen LogP contribution < -0.4 is 0 Å². The van der Waals surface area contributed by atoms with Crippen molar-refractivity contribution in [3.63, 3.8) is 0 Å². The van der Waals surface area contributed by atoms with E-state index in [-0.39, 0.29) is 11.5 Å². The lowest BCUT2D eigenvalue weighted by molar-refractivity contribution is -0.138. The molecule has 0 radical (unpaired) electrons. The normalized spacial score (nSPS) is 17.6. The zero-order valence-corrected chi connectivity index (χ0v) is 15.8. The van der Waals surface area contributed by atoms with Crippen LogP contribution in [0.3, 0.4) is 0 Å². The van der Waals surface area contributed by atoms with Crippen LogP contribution >= 0.6 is 0 Å². The van der Waals surface area contributed by atoms with E-state index in [0.29, 0.717) is 30.6 Å². The molecule has 150 valence electrons. The summed E-state index contributed by atoms with van der Waals surface area (Å²) in [6, 6.07) is 19.9. The Hall–Kier alpha value is -2.66. The molecule has 1 heterocycles. The third-order valence-electron chi connectivity index (χ3n) is 5.48. The van der Waals surface area contributed by atoms with Crippen LogP contribution in [0.25, 0.3) is 11.1 Å².